The van der Waals surface area contributed by atoms with Crippen LogP contribution in [0, 0.1) is 12.3 Å². The molecule has 188 valence electrons. The van der Waals surface area contributed by atoms with Crippen molar-refractivity contribution in [3.63, 3.8) is 0 Å². The molecule has 1 N–H and O–H groups in total. The summed E-state index contributed by atoms with van der Waals surface area (Å²) in [5.41, 5.74) is 1.70. The number of amidine groups is 2. The lowest BCUT2D eigenvalue weighted by Gasteiger charge is -2.20. The number of fused-ring (bicyclic) bond motifs is 1. The highest BCUT2D eigenvalue weighted by Gasteiger charge is 2.38. The molecular weight excluding hydrogens is 504 g/mol. The van der Waals surface area contributed by atoms with Gasteiger partial charge in [0, 0.05) is 6.26 Å². The van der Waals surface area contributed by atoms with Gasteiger partial charge in [-0.05, 0) is 61.5 Å². The van der Waals surface area contributed by atoms with Gasteiger partial charge in [0.25, 0.3) is 5.91 Å². The molecule has 12 heteroatoms. The van der Waals surface area contributed by atoms with Crippen molar-refractivity contribution in [2.24, 2.45) is 10.1 Å². The Morgan fingerprint density at radius 1 is 1.06 bits per heavy atom. The molecule has 0 aromatic heterocycles. The van der Waals surface area contributed by atoms with E-state index in [4.69, 9.17) is 19.6 Å². The first-order valence-corrected chi connectivity index (χ1v) is 13.7. The third-order valence-electron chi connectivity index (χ3n) is 4.96. The number of aryl methyl sites for hydroxylation is 1. The summed E-state index contributed by atoms with van der Waals surface area (Å²) in [6.45, 7) is 4.88. The Labute approximate surface area is 213 Å². The van der Waals surface area contributed by atoms with Crippen molar-refractivity contribution in [2.75, 3.05) is 26.1 Å². The number of sulfone groups is 1. The van der Waals surface area contributed by atoms with Crippen LogP contribution in [0.15, 0.2) is 58.1 Å². The van der Waals surface area contributed by atoms with Crippen LogP contribution in [0.5, 0.6) is 17.2 Å². The van der Waals surface area contributed by atoms with Crippen LogP contribution in [0.3, 0.4) is 0 Å². The lowest BCUT2D eigenvalue weighted by molar-refractivity contribution is -0.114. The number of hydrazone groups is 1. The summed E-state index contributed by atoms with van der Waals surface area (Å²) in [7, 11) is -3.60. The van der Waals surface area contributed by atoms with Crippen molar-refractivity contribution in [1.29, 1.82) is 5.41 Å². The average Bonchev–Trinajstić information content (AvgIpc) is 3.27. The van der Waals surface area contributed by atoms with E-state index in [0.717, 1.165) is 34.3 Å². The molecule has 4 rings (SSSR count). The Bertz CT molecular complexity index is 1400. The van der Waals surface area contributed by atoms with Gasteiger partial charge in [-0.1, -0.05) is 23.8 Å². The van der Waals surface area contributed by atoms with Gasteiger partial charge >= 0.3 is 0 Å². The van der Waals surface area contributed by atoms with Crippen molar-refractivity contribution in [2.45, 2.75) is 13.8 Å². The van der Waals surface area contributed by atoms with Crippen LogP contribution in [0.1, 0.15) is 18.1 Å². The summed E-state index contributed by atoms with van der Waals surface area (Å²) in [5, 5.41) is 13.4. The number of amides is 1. The van der Waals surface area contributed by atoms with Crippen LogP contribution >= 0.6 is 11.8 Å². The van der Waals surface area contributed by atoms with Crippen molar-refractivity contribution in [3.05, 3.63) is 59.2 Å². The van der Waals surface area contributed by atoms with Crippen LogP contribution in [-0.4, -0.2) is 60.8 Å². The van der Waals surface area contributed by atoms with Crippen LogP contribution in [0.25, 0.3) is 6.08 Å². The maximum Gasteiger partial charge on any atom is 0.283 e. The van der Waals surface area contributed by atoms with Gasteiger partial charge in [0.2, 0.25) is 19.4 Å². The fourth-order valence-electron chi connectivity index (χ4n) is 3.24. The van der Waals surface area contributed by atoms with E-state index >= 15 is 0 Å². The van der Waals surface area contributed by atoms with E-state index in [1.807, 2.05) is 38.1 Å². The van der Waals surface area contributed by atoms with Crippen LogP contribution in [0.2, 0.25) is 0 Å². The second kappa shape index (κ2) is 10.5. The highest BCUT2D eigenvalue weighted by atomic mass is 32.3. The molecule has 2 heterocycles. The zero-order valence-corrected chi connectivity index (χ0v) is 21.5. The Morgan fingerprint density at radius 2 is 1.78 bits per heavy atom. The van der Waals surface area contributed by atoms with Crippen LogP contribution in [0.4, 0.5) is 0 Å². The summed E-state index contributed by atoms with van der Waals surface area (Å²) >= 11 is 0.739. The van der Waals surface area contributed by atoms with Gasteiger partial charge in [-0.3, -0.25) is 10.2 Å². The summed E-state index contributed by atoms with van der Waals surface area (Å²) in [6.07, 6.45) is 2.49. The van der Waals surface area contributed by atoms with Gasteiger partial charge in [0.05, 0.1) is 12.2 Å². The maximum atomic E-state index is 12.6. The Hall–Kier alpha value is -3.64. The molecule has 2 aliphatic heterocycles. The molecule has 0 saturated heterocycles. The summed E-state index contributed by atoms with van der Waals surface area (Å²) in [4.78, 5) is 16.5. The van der Waals surface area contributed by atoms with Crippen molar-refractivity contribution >= 4 is 49.0 Å². The number of nitrogens with zero attached hydrogens (tertiary/aromatic N) is 3. The summed E-state index contributed by atoms with van der Waals surface area (Å²) < 4.78 is 40.6. The predicted molar refractivity (Wildman–Crippen MR) is 140 cm³/mol. The van der Waals surface area contributed by atoms with E-state index in [1.165, 1.54) is 6.08 Å². The van der Waals surface area contributed by atoms with E-state index in [0.29, 0.717) is 36.9 Å². The maximum absolute atomic E-state index is 12.6. The topological polar surface area (TPSA) is 131 Å². The molecule has 0 bridgehead atoms. The highest BCUT2D eigenvalue weighted by molar-refractivity contribution is 8.42. The molecule has 2 aliphatic rings. The number of carbonyl (C=O) groups excluding carboxylic acids is 1. The zero-order valence-electron chi connectivity index (χ0n) is 19.8. The molecule has 0 aliphatic carbocycles. The molecular formula is C24H24N4O6S2. The van der Waals surface area contributed by atoms with E-state index in [9.17, 15) is 13.2 Å². The number of hydrogen-bond acceptors (Lipinski definition) is 9. The van der Waals surface area contributed by atoms with E-state index in [-0.39, 0.29) is 21.0 Å². The summed E-state index contributed by atoms with van der Waals surface area (Å²) in [6, 6.07) is 12.9. The van der Waals surface area contributed by atoms with Gasteiger partial charge < -0.3 is 14.2 Å². The molecule has 0 fully saturated rings. The average molecular weight is 529 g/mol. The molecule has 0 unspecified atom stereocenters. The minimum absolute atomic E-state index is 0.0273. The fraction of sp³-hybridized carbons (Fsp3) is 0.250. The van der Waals surface area contributed by atoms with Crippen LogP contribution in [-0.2, 0) is 14.6 Å². The van der Waals surface area contributed by atoms with Gasteiger partial charge in [-0.15, -0.1) is 5.10 Å². The predicted octanol–water partition coefficient (Wildman–Crippen LogP) is 3.47. The lowest BCUT2D eigenvalue weighted by Crippen LogP contribution is -2.35. The molecule has 0 spiro atoms. The minimum atomic E-state index is -3.60. The smallest absolute Gasteiger partial charge is 0.283 e. The van der Waals surface area contributed by atoms with Gasteiger partial charge in [-0.2, -0.15) is 10.0 Å². The Kier molecular flexibility index (Phi) is 7.45. The second-order valence-electron chi connectivity index (χ2n) is 7.81. The largest absolute Gasteiger partial charge is 0.490 e. The first-order valence-electron chi connectivity index (χ1n) is 10.9. The molecule has 0 saturated carbocycles. The Balaban J connectivity index is 1.48. The van der Waals surface area contributed by atoms with E-state index in [2.05, 4.69) is 10.1 Å². The first kappa shape index (κ1) is 25.5. The minimum Gasteiger partial charge on any atom is -0.490 e. The first-order chi connectivity index (χ1) is 17.2. The normalized spacial score (nSPS) is 16.5. The number of hydrogen-bond donors (Lipinski definition) is 1. The number of carbonyl (C=O) groups is 1. The lowest BCUT2D eigenvalue weighted by atomic mass is 10.1. The standard InChI is InChI=1S/C24H24N4O6S2/c1-4-32-20-14-16(7-10-19(20)34-12-11-33-17-8-5-15(2)6-9-17)13-18-21(25)28-23(26-22(18)29)35-24(27-28)36(3,30)31/h5-10,13-14,25H,4,11-12H2,1-3H3/b18-13-,25-21?. The molecule has 1 amide bonds. The van der Waals surface area contributed by atoms with Crippen molar-refractivity contribution in [3.8, 4) is 17.2 Å². The van der Waals surface area contributed by atoms with Crippen molar-refractivity contribution < 1.29 is 27.4 Å². The molecule has 0 radical (unpaired) electrons. The molecule has 36 heavy (non-hydrogen) atoms. The van der Waals surface area contributed by atoms with Gasteiger partial charge in [0.15, 0.2) is 17.3 Å². The number of benzene rings is 2. The second-order valence-corrected chi connectivity index (χ2v) is 11.0. The van der Waals surface area contributed by atoms with Crippen LogP contribution < -0.4 is 14.2 Å². The third-order valence-corrected chi connectivity index (χ3v) is 7.54. The summed E-state index contributed by atoms with van der Waals surface area (Å²) in [5.74, 6) is 0.814. The molecule has 0 atom stereocenters. The number of nitrogens with one attached hydrogen (secondary N) is 1. The zero-order chi connectivity index (χ0) is 25.9. The SMILES string of the molecule is CCOc1cc(/C=C2/C(=N)N3N=C(S(C)(=O)=O)SC3=NC2=O)ccc1OCCOc1ccc(C)cc1. The number of thioether (sulfide) groups is 1. The quantitative estimate of drug-likeness (QED) is 0.407. The number of ether oxygens (including phenoxy) is 3. The number of rotatable bonds is 8. The van der Waals surface area contributed by atoms with E-state index < -0.39 is 15.7 Å². The number of aliphatic imine (C=N–C) groups is 1. The Morgan fingerprint density at radius 3 is 2.47 bits per heavy atom. The van der Waals surface area contributed by atoms with Gasteiger partial charge in [0.1, 0.15) is 19.0 Å². The highest BCUT2D eigenvalue weighted by Crippen LogP contribution is 2.32. The monoisotopic (exact) mass is 528 g/mol. The third kappa shape index (κ3) is 5.77. The molecule has 10 nitrogen and oxygen atoms in total. The van der Waals surface area contributed by atoms with Crippen molar-refractivity contribution in [1.82, 2.24) is 5.01 Å². The fourth-order valence-corrected chi connectivity index (χ4v) is 4.92. The van der Waals surface area contributed by atoms with Gasteiger partial charge in [-0.25, -0.2) is 8.42 Å². The van der Waals surface area contributed by atoms with E-state index in [1.54, 1.807) is 18.2 Å². The molecule has 2 aromatic carbocycles. The molecule has 2 aromatic rings.